The summed E-state index contributed by atoms with van der Waals surface area (Å²) >= 11 is 0. The lowest BCUT2D eigenvalue weighted by Gasteiger charge is -2.16. The van der Waals surface area contributed by atoms with Crippen LogP contribution in [0.1, 0.15) is 18.6 Å². The van der Waals surface area contributed by atoms with Gasteiger partial charge in [-0.05, 0) is 68.1 Å². The van der Waals surface area contributed by atoms with Gasteiger partial charge in [0.05, 0.1) is 0 Å². The van der Waals surface area contributed by atoms with Crippen molar-refractivity contribution in [2.24, 2.45) is 0 Å². The van der Waals surface area contributed by atoms with E-state index in [9.17, 15) is 0 Å². The Bertz CT molecular complexity index is 1060. The molecule has 0 fully saturated rings. The SMILES string of the molecule is C.Cc1ccc2c3cccc4c(C)ccc(c5cccc1c52)c43. The summed E-state index contributed by atoms with van der Waals surface area (Å²) in [6, 6.07) is 22.5. The number of benzene rings is 5. The molecule has 0 N–H and O–H groups in total. The Morgan fingerprint density at radius 3 is 1.22 bits per heavy atom. The summed E-state index contributed by atoms with van der Waals surface area (Å²) in [5.41, 5.74) is 2.70. The van der Waals surface area contributed by atoms with E-state index in [-0.39, 0.29) is 7.43 Å². The summed E-state index contributed by atoms with van der Waals surface area (Å²) in [4.78, 5) is 0. The van der Waals surface area contributed by atoms with E-state index in [2.05, 4.69) is 74.5 Å². The zero-order chi connectivity index (χ0) is 14.8. The van der Waals surface area contributed by atoms with Crippen molar-refractivity contribution in [2.75, 3.05) is 0 Å². The van der Waals surface area contributed by atoms with Crippen LogP contribution in [0.2, 0.25) is 0 Å². The number of hydrogen-bond acceptors (Lipinski definition) is 0. The molecule has 0 amide bonds. The van der Waals surface area contributed by atoms with Gasteiger partial charge >= 0.3 is 0 Å². The van der Waals surface area contributed by atoms with E-state index in [4.69, 9.17) is 0 Å². The molecule has 0 heterocycles. The Hall–Kier alpha value is -2.60. The van der Waals surface area contributed by atoms with Crippen LogP contribution in [-0.4, -0.2) is 0 Å². The summed E-state index contributed by atoms with van der Waals surface area (Å²) in [5, 5.41) is 11.1. The second kappa shape index (κ2) is 4.70. The van der Waals surface area contributed by atoms with Gasteiger partial charge in [0.25, 0.3) is 0 Å². The average Bonchev–Trinajstić information content (AvgIpc) is 2.55. The van der Waals surface area contributed by atoms with Gasteiger partial charge in [0.15, 0.2) is 0 Å². The second-order valence-electron chi connectivity index (χ2n) is 6.32. The van der Waals surface area contributed by atoms with Crippen molar-refractivity contribution in [3.8, 4) is 0 Å². The van der Waals surface area contributed by atoms with Crippen molar-refractivity contribution in [1.29, 1.82) is 0 Å². The van der Waals surface area contributed by atoms with Crippen molar-refractivity contribution < 1.29 is 0 Å². The van der Waals surface area contributed by atoms with Crippen LogP contribution in [0.5, 0.6) is 0 Å². The fraction of sp³-hybridized carbons (Fsp3) is 0.130. The highest BCUT2D eigenvalue weighted by Crippen LogP contribution is 2.41. The van der Waals surface area contributed by atoms with Crippen LogP contribution >= 0.6 is 0 Å². The van der Waals surface area contributed by atoms with Crippen LogP contribution < -0.4 is 0 Å². The number of hydrogen-bond donors (Lipinski definition) is 0. The zero-order valence-corrected chi connectivity index (χ0v) is 12.8. The van der Waals surface area contributed by atoms with Crippen LogP contribution in [0.3, 0.4) is 0 Å². The van der Waals surface area contributed by atoms with E-state index >= 15 is 0 Å². The molecule has 0 radical (unpaired) electrons. The number of fused-ring (bicyclic) bond motifs is 2. The number of aryl methyl sites for hydroxylation is 2. The first-order chi connectivity index (χ1) is 10.8. The fourth-order valence-electron chi connectivity index (χ4n) is 4.00. The minimum absolute atomic E-state index is 0. The maximum absolute atomic E-state index is 2.29. The second-order valence-corrected chi connectivity index (χ2v) is 6.32. The first-order valence-electron chi connectivity index (χ1n) is 7.81. The smallest absolute Gasteiger partial charge is 0.00237 e. The van der Waals surface area contributed by atoms with E-state index in [0.717, 1.165) is 0 Å². The van der Waals surface area contributed by atoms with E-state index in [1.807, 2.05) is 0 Å². The average molecular weight is 296 g/mol. The quantitative estimate of drug-likeness (QED) is 0.213. The topological polar surface area (TPSA) is 0 Å². The molecule has 0 aromatic heterocycles. The van der Waals surface area contributed by atoms with Gasteiger partial charge in [-0.3, -0.25) is 0 Å². The molecule has 0 aliphatic heterocycles. The first-order valence-corrected chi connectivity index (χ1v) is 7.81. The summed E-state index contributed by atoms with van der Waals surface area (Å²) in [6.07, 6.45) is 0. The number of rotatable bonds is 0. The lowest BCUT2D eigenvalue weighted by Crippen LogP contribution is -1.89. The lowest BCUT2D eigenvalue weighted by atomic mass is 9.87. The molecular weight excluding hydrogens is 276 g/mol. The monoisotopic (exact) mass is 296 g/mol. The molecule has 5 rings (SSSR count). The van der Waals surface area contributed by atoms with Gasteiger partial charge in [0.1, 0.15) is 0 Å². The summed E-state index contributed by atoms with van der Waals surface area (Å²) < 4.78 is 0. The molecule has 0 heteroatoms. The highest BCUT2D eigenvalue weighted by molar-refractivity contribution is 6.33. The largest absolute Gasteiger partial charge is 0.0776 e. The highest BCUT2D eigenvalue weighted by Gasteiger charge is 2.13. The Morgan fingerprint density at radius 1 is 0.435 bits per heavy atom. The third kappa shape index (κ3) is 1.66. The molecule has 23 heavy (non-hydrogen) atoms. The molecule has 0 saturated carbocycles. The van der Waals surface area contributed by atoms with Crippen LogP contribution in [0.4, 0.5) is 0 Å². The summed E-state index contributed by atoms with van der Waals surface area (Å²) in [6.45, 7) is 4.41. The Balaban J connectivity index is 0.00000135. The van der Waals surface area contributed by atoms with E-state index in [1.54, 1.807) is 0 Å². The fourth-order valence-corrected chi connectivity index (χ4v) is 4.00. The molecule has 0 atom stereocenters. The molecule has 0 unspecified atom stereocenters. The van der Waals surface area contributed by atoms with Gasteiger partial charge in [-0.25, -0.2) is 0 Å². The van der Waals surface area contributed by atoms with E-state index < -0.39 is 0 Å². The molecule has 5 aromatic rings. The van der Waals surface area contributed by atoms with Crippen molar-refractivity contribution in [1.82, 2.24) is 0 Å². The molecule has 112 valence electrons. The van der Waals surface area contributed by atoms with Crippen molar-refractivity contribution in [3.63, 3.8) is 0 Å². The molecule has 0 nitrogen and oxygen atoms in total. The van der Waals surface area contributed by atoms with Gasteiger partial charge in [-0.1, -0.05) is 68.1 Å². The van der Waals surface area contributed by atoms with Gasteiger partial charge in [-0.15, -0.1) is 0 Å². The highest BCUT2D eigenvalue weighted by atomic mass is 14.2. The maximum atomic E-state index is 2.29. The van der Waals surface area contributed by atoms with Crippen LogP contribution in [0.15, 0.2) is 60.7 Å². The third-order valence-corrected chi connectivity index (χ3v) is 5.10. The molecule has 0 saturated heterocycles. The predicted molar refractivity (Wildman–Crippen MR) is 104 cm³/mol. The first kappa shape index (κ1) is 14.0. The van der Waals surface area contributed by atoms with Crippen LogP contribution in [0.25, 0.3) is 43.1 Å². The molecule has 0 spiro atoms. The van der Waals surface area contributed by atoms with Gasteiger partial charge in [-0.2, -0.15) is 0 Å². The van der Waals surface area contributed by atoms with E-state index in [1.165, 1.54) is 54.2 Å². The summed E-state index contributed by atoms with van der Waals surface area (Å²) in [5.74, 6) is 0. The zero-order valence-electron chi connectivity index (χ0n) is 12.8. The molecule has 0 aliphatic rings. The minimum atomic E-state index is 0. The predicted octanol–water partition coefficient (Wildman–Crippen LogP) is 6.99. The van der Waals surface area contributed by atoms with Crippen LogP contribution in [0, 0.1) is 13.8 Å². The minimum Gasteiger partial charge on any atom is -0.0776 e. The van der Waals surface area contributed by atoms with Gasteiger partial charge in [0, 0.05) is 0 Å². The van der Waals surface area contributed by atoms with Gasteiger partial charge < -0.3 is 0 Å². The van der Waals surface area contributed by atoms with Crippen molar-refractivity contribution in [2.45, 2.75) is 21.3 Å². The Morgan fingerprint density at radius 2 is 0.783 bits per heavy atom. The Kier molecular flexibility index (Phi) is 2.86. The van der Waals surface area contributed by atoms with E-state index in [0.29, 0.717) is 0 Å². The molecule has 5 aromatic carbocycles. The molecular formula is C23H20. The molecule has 0 bridgehead atoms. The molecule has 0 aliphatic carbocycles. The van der Waals surface area contributed by atoms with Crippen molar-refractivity contribution >= 4 is 43.1 Å². The maximum Gasteiger partial charge on any atom is -0.00237 e. The van der Waals surface area contributed by atoms with Crippen molar-refractivity contribution in [3.05, 3.63) is 71.8 Å². The normalized spacial score (nSPS) is 11.6. The summed E-state index contributed by atoms with van der Waals surface area (Å²) in [7, 11) is 0. The lowest BCUT2D eigenvalue weighted by molar-refractivity contribution is 1.54. The third-order valence-electron chi connectivity index (χ3n) is 5.10. The van der Waals surface area contributed by atoms with Gasteiger partial charge in [0.2, 0.25) is 0 Å². The van der Waals surface area contributed by atoms with Crippen LogP contribution in [-0.2, 0) is 0 Å². The standard InChI is InChI=1S/C22H16.CH4/c1-13-9-11-19-18-8-4-6-16-14(2)10-12-20(22(16)18)17-7-3-5-15(13)21(17)19;/h3-12H,1-2H3;1H4. The Labute approximate surface area is 136 Å².